The van der Waals surface area contributed by atoms with Crippen LogP contribution in [0.4, 0.5) is 0 Å². The number of benzene rings is 1. The Morgan fingerprint density at radius 1 is 1.32 bits per heavy atom. The molecule has 1 aromatic carbocycles. The van der Waals surface area contributed by atoms with Crippen LogP contribution in [0.15, 0.2) is 24.3 Å². The Hall–Kier alpha value is -1.26. The van der Waals surface area contributed by atoms with Gasteiger partial charge in [0.25, 0.3) is 0 Å². The maximum atomic E-state index is 11.9. The van der Waals surface area contributed by atoms with Gasteiger partial charge in [-0.3, -0.25) is 4.79 Å². The second kappa shape index (κ2) is 6.26. The summed E-state index contributed by atoms with van der Waals surface area (Å²) in [5.74, 6) is 0.673. The molecular formula is C14H19ClN2O2. The van der Waals surface area contributed by atoms with Crippen molar-refractivity contribution >= 4 is 17.5 Å². The zero-order valence-corrected chi connectivity index (χ0v) is 11.6. The zero-order valence-electron chi connectivity index (χ0n) is 10.8. The number of carbonyl (C=O) groups excluding carboxylic acids is 1. The van der Waals surface area contributed by atoms with Crippen molar-refractivity contribution in [2.24, 2.45) is 5.73 Å². The first-order valence-corrected chi connectivity index (χ1v) is 6.93. The summed E-state index contributed by atoms with van der Waals surface area (Å²) >= 11 is 5.78. The summed E-state index contributed by atoms with van der Waals surface area (Å²) in [5, 5.41) is 3.50. The highest BCUT2D eigenvalue weighted by atomic mass is 35.5. The summed E-state index contributed by atoms with van der Waals surface area (Å²) in [6.45, 7) is 0.879. The Bertz CT molecular complexity index is 428. The third kappa shape index (κ3) is 3.85. The van der Waals surface area contributed by atoms with E-state index in [0.717, 1.165) is 31.4 Å². The van der Waals surface area contributed by atoms with Gasteiger partial charge in [-0.25, -0.2) is 0 Å². The lowest BCUT2D eigenvalue weighted by Crippen LogP contribution is -2.52. The van der Waals surface area contributed by atoms with Crippen LogP contribution >= 0.6 is 11.6 Å². The molecule has 1 aliphatic rings. The van der Waals surface area contributed by atoms with Crippen LogP contribution in [0.1, 0.15) is 25.7 Å². The average molecular weight is 283 g/mol. The highest BCUT2D eigenvalue weighted by Gasteiger charge is 2.36. The highest BCUT2D eigenvalue weighted by Crippen LogP contribution is 2.27. The fourth-order valence-corrected chi connectivity index (χ4v) is 2.40. The summed E-state index contributed by atoms with van der Waals surface area (Å²) in [6.07, 6.45) is 3.62. The smallest absolute Gasteiger partial charge is 0.240 e. The van der Waals surface area contributed by atoms with Crippen molar-refractivity contribution < 1.29 is 9.53 Å². The Balaban J connectivity index is 1.69. The predicted molar refractivity (Wildman–Crippen MR) is 75.3 cm³/mol. The first-order valence-electron chi connectivity index (χ1n) is 6.56. The number of nitrogens with two attached hydrogens (primary N) is 1. The molecule has 2 rings (SSSR count). The van der Waals surface area contributed by atoms with Gasteiger partial charge in [-0.15, -0.1) is 0 Å². The van der Waals surface area contributed by atoms with Crippen molar-refractivity contribution in [3.05, 3.63) is 29.3 Å². The van der Waals surface area contributed by atoms with E-state index in [-0.39, 0.29) is 5.91 Å². The molecule has 0 radical (unpaired) electrons. The molecule has 0 aliphatic heterocycles. The Kier molecular flexibility index (Phi) is 4.66. The van der Waals surface area contributed by atoms with Crippen molar-refractivity contribution in [3.63, 3.8) is 0 Å². The summed E-state index contributed by atoms with van der Waals surface area (Å²) in [5.41, 5.74) is 5.38. The number of nitrogens with one attached hydrogen (secondary N) is 1. The summed E-state index contributed by atoms with van der Waals surface area (Å²) in [4.78, 5) is 11.9. The minimum absolute atomic E-state index is 0.0651. The van der Waals surface area contributed by atoms with Crippen molar-refractivity contribution in [2.45, 2.75) is 31.2 Å². The van der Waals surface area contributed by atoms with Crippen LogP contribution < -0.4 is 15.8 Å². The monoisotopic (exact) mass is 282 g/mol. The number of amides is 1. The number of hydrogen-bond donors (Lipinski definition) is 2. The largest absolute Gasteiger partial charge is 0.492 e. The fraction of sp³-hybridized carbons (Fsp3) is 0.500. The van der Waals surface area contributed by atoms with Crippen LogP contribution in [-0.2, 0) is 4.79 Å². The topological polar surface area (TPSA) is 64.4 Å². The molecule has 0 heterocycles. The Morgan fingerprint density at radius 3 is 2.58 bits per heavy atom. The number of ether oxygens (including phenoxy) is 1. The van der Waals surface area contributed by atoms with E-state index in [0.29, 0.717) is 18.2 Å². The molecule has 0 unspecified atom stereocenters. The molecule has 104 valence electrons. The van der Waals surface area contributed by atoms with Gasteiger partial charge in [0.2, 0.25) is 5.91 Å². The molecule has 0 saturated heterocycles. The lowest BCUT2D eigenvalue weighted by molar-refractivity contribution is -0.126. The molecule has 1 fully saturated rings. The maximum absolute atomic E-state index is 11.9. The first-order chi connectivity index (χ1) is 9.10. The minimum Gasteiger partial charge on any atom is -0.492 e. The van der Waals surface area contributed by atoms with E-state index in [1.165, 1.54) is 0 Å². The standard InChI is InChI=1S/C14H19ClN2O2/c15-11-3-5-12(6-4-11)19-10-9-17-13(18)14(16)7-1-2-8-14/h3-6H,1-2,7-10,16H2,(H,17,18). The van der Waals surface area contributed by atoms with Crippen molar-refractivity contribution in [1.82, 2.24) is 5.32 Å². The molecule has 1 aliphatic carbocycles. The lowest BCUT2D eigenvalue weighted by Gasteiger charge is -2.22. The molecule has 1 amide bonds. The maximum Gasteiger partial charge on any atom is 0.240 e. The van der Waals surface area contributed by atoms with E-state index in [9.17, 15) is 4.79 Å². The van der Waals surface area contributed by atoms with E-state index in [4.69, 9.17) is 22.1 Å². The van der Waals surface area contributed by atoms with Crippen LogP contribution in [0.3, 0.4) is 0 Å². The molecular weight excluding hydrogens is 264 g/mol. The van der Waals surface area contributed by atoms with Crippen LogP contribution in [0.2, 0.25) is 5.02 Å². The summed E-state index contributed by atoms with van der Waals surface area (Å²) in [7, 11) is 0. The summed E-state index contributed by atoms with van der Waals surface area (Å²) < 4.78 is 5.49. The number of rotatable bonds is 5. The predicted octanol–water partition coefficient (Wildman–Crippen LogP) is 2.11. The summed E-state index contributed by atoms with van der Waals surface area (Å²) in [6, 6.07) is 7.13. The molecule has 0 atom stereocenters. The van der Waals surface area contributed by atoms with E-state index < -0.39 is 5.54 Å². The second-order valence-electron chi connectivity index (χ2n) is 4.92. The normalized spacial score (nSPS) is 17.2. The average Bonchev–Trinajstić information content (AvgIpc) is 2.85. The minimum atomic E-state index is -0.666. The molecule has 3 N–H and O–H groups in total. The molecule has 19 heavy (non-hydrogen) atoms. The third-order valence-electron chi connectivity index (χ3n) is 3.42. The number of carbonyl (C=O) groups is 1. The number of halogens is 1. The Labute approximate surface area is 118 Å². The second-order valence-corrected chi connectivity index (χ2v) is 5.36. The molecule has 0 spiro atoms. The van der Waals surface area contributed by atoms with Crippen molar-refractivity contribution in [1.29, 1.82) is 0 Å². The van der Waals surface area contributed by atoms with Gasteiger partial charge < -0.3 is 15.8 Å². The van der Waals surface area contributed by atoms with Crippen LogP contribution in [0.5, 0.6) is 5.75 Å². The van der Waals surface area contributed by atoms with E-state index >= 15 is 0 Å². The first kappa shape index (κ1) is 14.2. The molecule has 1 saturated carbocycles. The van der Waals surface area contributed by atoms with E-state index in [2.05, 4.69) is 5.32 Å². The van der Waals surface area contributed by atoms with Crippen molar-refractivity contribution in [2.75, 3.05) is 13.2 Å². The number of hydrogen-bond acceptors (Lipinski definition) is 3. The quantitative estimate of drug-likeness (QED) is 0.813. The molecule has 5 heteroatoms. The third-order valence-corrected chi connectivity index (χ3v) is 3.67. The molecule has 0 bridgehead atoms. The SMILES string of the molecule is NC1(C(=O)NCCOc2ccc(Cl)cc2)CCCC1. The van der Waals surface area contributed by atoms with Gasteiger partial charge in [-0.2, -0.15) is 0 Å². The van der Waals surface area contributed by atoms with Gasteiger partial charge in [0.1, 0.15) is 12.4 Å². The van der Waals surface area contributed by atoms with Crippen LogP contribution in [0.25, 0.3) is 0 Å². The Morgan fingerprint density at radius 2 is 1.95 bits per heavy atom. The van der Waals surface area contributed by atoms with Gasteiger partial charge in [0, 0.05) is 5.02 Å². The van der Waals surface area contributed by atoms with Crippen LogP contribution in [-0.4, -0.2) is 24.6 Å². The molecule has 0 aromatic heterocycles. The van der Waals surface area contributed by atoms with E-state index in [1.54, 1.807) is 24.3 Å². The molecule has 1 aromatic rings. The van der Waals surface area contributed by atoms with Gasteiger partial charge in [0.15, 0.2) is 0 Å². The lowest BCUT2D eigenvalue weighted by atomic mass is 9.98. The van der Waals surface area contributed by atoms with Crippen LogP contribution in [0, 0.1) is 0 Å². The van der Waals surface area contributed by atoms with Gasteiger partial charge in [-0.05, 0) is 37.1 Å². The van der Waals surface area contributed by atoms with Gasteiger partial charge >= 0.3 is 0 Å². The zero-order chi connectivity index (χ0) is 13.7. The molecule has 4 nitrogen and oxygen atoms in total. The van der Waals surface area contributed by atoms with Gasteiger partial charge in [0.05, 0.1) is 12.1 Å². The highest BCUT2D eigenvalue weighted by molar-refractivity contribution is 6.30. The van der Waals surface area contributed by atoms with Crippen molar-refractivity contribution in [3.8, 4) is 5.75 Å². The van der Waals surface area contributed by atoms with Gasteiger partial charge in [-0.1, -0.05) is 24.4 Å². The van der Waals surface area contributed by atoms with E-state index in [1.807, 2.05) is 0 Å². The fourth-order valence-electron chi connectivity index (χ4n) is 2.27.